The van der Waals surface area contributed by atoms with E-state index in [4.69, 9.17) is 17.0 Å². The molecule has 0 aliphatic heterocycles. The molecule has 0 radical (unpaired) electrons. The largest absolute Gasteiger partial charge is 0.462 e. The van der Waals surface area contributed by atoms with Crippen LogP contribution in [0.4, 0.5) is 0 Å². The second-order valence-corrected chi connectivity index (χ2v) is 6.01. The summed E-state index contributed by atoms with van der Waals surface area (Å²) in [7, 11) is 1.61. The molecule has 2 unspecified atom stereocenters. The van der Waals surface area contributed by atoms with Crippen LogP contribution in [-0.4, -0.2) is 22.1 Å². The van der Waals surface area contributed by atoms with E-state index in [0.29, 0.717) is 39.7 Å². The Balaban J connectivity index is 1.90. The Morgan fingerprint density at radius 3 is 2.90 bits per heavy atom. The first-order valence-corrected chi connectivity index (χ1v) is 7.28. The van der Waals surface area contributed by atoms with Gasteiger partial charge < -0.3 is 9.72 Å². The molecule has 0 spiro atoms. The van der Waals surface area contributed by atoms with Crippen molar-refractivity contribution in [3.63, 3.8) is 0 Å². The second kappa shape index (κ2) is 5.11. The van der Waals surface area contributed by atoms with Crippen LogP contribution in [0.1, 0.15) is 23.7 Å². The topological polar surface area (TPSA) is 64.1 Å². The van der Waals surface area contributed by atoms with Crippen molar-refractivity contribution in [1.82, 2.24) is 9.55 Å². The van der Waals surface area contributed by atoms with Gasteiger partial charge in [0, 0.05) is 7.05 Å². The number of carbonyl (C=O) groups is 1. The number of H-pyrrole nitrogens is 1. The number of fused-ring (bicyclic) bond motifs is 1. The molecule has 0 saturated heterocycles. The first-order valence-electron chi connectivity index (χ1n) is 6.87. The van der Waals surface area contributed by atoms with Crippen molar-refractivity contribution in [2.45, 2.75) is 13.3 Å². The average molecular weight is 304 g/mol. The number of aromatic amines is 1. The van der Waals surface area contributed by atoms with Crippen molar-refractivity contribution in [1.29, 1.82) is 0 Å². The Hall–Kier alpha value is -1.95. The molecule has 1 N–H and O–H groups in total. The highest BCUT2D eigenvalue weighted by atomic mass is 32.1. The van der Waals surface area contributed by atoms with E-state index in [0.717, 1.165) is 6.42 Å². The van der Waals surface area contributed by atoms with E-state index >= 15 is 0 Å². The predicted molar refractivity (Wildman–Crippen MR) is 81.9 cm³/mol. The monoisotopic (exact) mass is 304 g/mol. The number of nitrogens with zero attached hydrogens (tertiary/aromatic N) is 1. The predicted octanol–water partition coefficient (Wildman–Crippen LogP) is 2.41. The van der Waals surface area contributed by atoms with Crippen LogP contribution in [0.15, 0.2) is 23.0 Å². The summed E-state index contributed by atoms with van der Waals surface area (Å²) in [6.07, 6.45) is 1.12. The Morgan fingerprint density at radius 2 is 2.24 bits per heavy atom. The van der Waals surface area contributed by atoms with E-state index in [1.54, 1.807) is 25.2 Å². The van der Waals surface area contributed by atoms with Gasteiger partial charge in [0.25, 0.3) is 5.56 Å². The van der Waals surface area contributed by atoms with Gasteiger partial charge in [-0.25, -0.2) is 4.79 Å². The van der Waals surface area contributed by atoms with Gasteiger partial charge in [-0.15, -0.1) is 0 Å². The van der Waals surface area contributed by atoms with Crippen molar-refractivity contribution in [2.24, 2.45) is 18.9 Å². The molecule has 0 amide bonds. The molecule has 1 aliphatic rings. The third-order valence-electron chi connectivity index (χ3n) is 4.04. The van der Waals surface area contributed by atoms with Crippen LogP contribution in [-0.2, 0) is 11.8 Å². The fraction of sp³-hybridized carbons (Fsp3) is 0.400. The summed E-state index contributed by atoms with van der Waals surface area (Å²) < 4.78 is 6.98. The highest BCUT2D eigenvalue weighted by Crippen LogP contribution is 2.37. The summed E-state index contributed by atoms with van der Waals surface area (Å²) in [6.45, 7) is 2.61. The number of ether oxygens (including phenoxy) is 1. The first kappa shape index (κ1) is 14.0. The minimum Gasteiger partial charge on any atom is -0.462 e. The molecule has 1 heterocycles. The van der Waals surface area contributed by atoms with E-state index in [9.17, 15) is 9.59 Å². The number of hydrogen-bond acceptors (Lipinski definition) is 4. The molecule has 110 valence electrons. The van der Waals surface area contributed by atoms with Crippen molar-refractivity contribution in [3.8, 4) is 0 Å². The zero-order chi connectivity index (χ0) is 15.1. The minimum atomic E-state index is -0.365. The van der Waals surface area contributed by atoms with E-state index in [-0.39, 0.29) is 11.5 Å². The summed E-state index contributed by atoms with van der Waals surface area (Å²) >= 11 is 5.08. The van der Waals surface area contributed by atoms with E-state index in [2.05, 4.69) is 11.9 Å². The molecule has 3 rings (SSSR count). The molecule has 6 heteroatoms. The molecule has 2 atom stereocenters. The van der Waals surface area contributed by atoms with Gasteiger partial charge in [0.05, 0.1) is 23.1 Å². The zero-order valence-electron chi connectivity index (χ0n) is 11.9. The standard InChI is InChI=1S/C15H16N2O3S/c1-8-5-10(8)7-20-14(19)9-3-4-11-12(6-9)16-15(21)17(2)13(11)18/h3-4,6,8,10H,5,7H2,1-2H3,(H,16,21). The average Bonchev–Trinajstić information content (AvgIpc) is 3.17. The maximum absolute atomic E-state index is 12.0. The van der Waals surface area contributed by atoms with Gasteiger partial charge in [0.1, 0.15) is 0 Å². The van der Waals surface area contributed by atoms with E-state index < -0.39 is 0 Å². The number of benzene rings is 1. The number of nitrogens with one attached hydrogen (secondary N) is 1. The molecule has 1 aromatic carbocycles. The third-order valence-corrected chi connectivity index (χ3v) is 4.42. The maximum Gasteiger partial charge on any atom is 0.338 e. The minimum absolute atomic E-state index is 0.180. The second-order valence-electron chi connectivity index (χ2n) is 5.63. The lowest BCUT2D eigenvalue weighted by Gasteiger charge is -2.06. The van der Waals surface area contributed by atoms with Gasteiger partial charge >= 0.3 is 5.97 Å². The van der Waals surface area contributed by atoms with Crippen LogP contribution >= 0.6 is 12.2 Å². The summed E-state index contributed by atoms with van der Waals surface area (Å²) in [5.74, 6) is 0.775. The maximum atomic E-state index is 12.0. The van der Waals surface area contributed by atoms with Crippen LogP contribution < -0.4 is 5.56 Å². The summed E-state index contributed by atoms with van der Waals surface area (Å²) in [6, 6.07) is 4.85. The quantitative estimate of drug-likeness (QED) is 0.698. The molecule has 5 nitrogen and oxygen atoms in total. The van der Waals surface area contributed by atoms with Crippen LogP contribution in [0, 0.1) is 16.6 Å². The van der Waals surface area contributed by atoms with E-state index in [1.165, 1.54) is 4.57 Å². The van der Waals surface area contributed by atoms with E-state index in [1.807, 2.05) is 0 Å². The fourth-order valence-electron chi connectivity index (χ4n) is 2.33. The number of rotatable bonds is 3. The van der Waals surface area contributed by atoms with Crippen molar-refractivity contribution in [3.05, 3.63) is 38.9 Å². The van der Waals surface area contributed by atoms with Crippen molar-refractivity contribution in [2.75, 3.05) is 6.61 Å². The SMILES string of the molecule is CC1CC1COC(=O)c1ccc2c(=O)n(C)c(=S)[nH]c2c1. The summed E-state index contributed by atoms with van der Waals surface area (Å²) in [5.41, 5.74) is 0.799. The van der Waals surface area contributed by atoms with Gasteiger partial charge in [0.15, 0.2) is 4.77 Å². The van der Waals surface area contributed by atoms with Crippen LogP contribution in [0.5, 0.6) is 0 Å². The molecule has 2 aromatic rings. The number of hydrogen-bond donors (Lipinski definition) is 1. The lowest BCUT2D eigenvalue weighted by Crippen LogP contribution is -2.19. The van der Waals surface area contributed by atoms with Gasteiger partial charge in [-0.05, 0) is 48.7 Å². The highest BCUT2D eigenvalue weighted by Gasteiger charge is 2.33. The van der Waals surface area contributed by atoms with Crippen molar-refractivity contribution < 1.29 is 9.53 Å². The Bertz CT molecular complexity index is 837. The molecule has 21 heavy (non-hydrogen) atoms. The Kier molecular flexibility index (Phi) is 3.41. The number of esters is 1. The highest BCUT2D eigenvalue weighted by molar-refractivity contribution is 7.71. The van der Waals surface area contributed by atoms with Gasteiger partial charge in [-0.1, -0.05) is 6.92 Å². The molecule has 1 aliphatic carbocycles. The lowest BCUT2D eigenvalue weighted by atomic mass is 10.1. The molecular weight excluding hydrogens is 288 g/mol. The van der Waals surface area contributed by atoms with Gasteiger partial charge in [-0.2, -0.15) is 0 Å². The van der Waals surface area contributed by atoms with Gasteiger partial charge in [-0.3, -0.25) is 9.36 Å². The molecular formula is C15H16N2O3S. The van der Waals surface area contributed by atoms with Crippen LogP contribution in [0.3, 0.4) is 0 Å². The molecule has 1 aromatic heterocycles. The summed E-state index contributed by atoms with van der Waals surface area (Å²) in [5, 5.41) is 0.499. The first-order chi connectivity index (χ1) is 9.97. The molecule has 1 fully saturated rings. The third kappa shape index (κ3) is 2.63. The lowest BCUT2D eigenvalue weighted by molar-refractivity contribution is 0.0481. The van der Waals surface area contributed by atoms with Crippen LogP contribution in [0.2, 0.25) is 0 Å². The molecule has 1 saturated carbocycles. The van der Waals surface area contributed by atoms with Gasteiger partial charge in [0.2, 0.25) is 0 Å². The number of carbonyl (C=O) groups excluding carboxylic acids is 1. The molecule has 0 bridgehead atoms. The zero-order valence-corrected chi connectivity index (χ0v) is 12.7. The van der Waals surface area contributed by atoms with Crippen molar-refractivity contribution >= 4 is 29.1 Å². The Morgan fingerprint density at radius 1 is 1.52 bits per heavy atom. The normalized spacial score (nSPS) is 20.5. The van der Waals surface area contributed by atoms with Crippen LogP contribution in [0.25, 0.3) is 10.9 Å². The number of aromatic nitrogens is 2. The smallest absolute Gasteiger partial charge is 0.338 e. The Labute approximate surface area is 126 Å². The fourth-order valence-corrected chi connectivity index (χ4v) is 2.52. The summed E-state index contributed by atoms with van der Waals surface area (Å²) in [4.78, 5) is 27.0.